The second-order valence-corrected chi connectivity index (χ2v) is 4.51. The number of rotatable bonds is 2. The molecule has 0 amide bonds. The van der Waals surface area contributed by atoms with Crippen molar-refractivity contribution in [2.24, 2.45) is 0 Å². The SMILES string of the molecule is CSC1(SC)CNCCO1. The van der Waals surface area contributed by atoms with Gasteiger partial charge >= 0.3 is 0 Å². The Morgan fingerprint density at radius 3 is 2.40 bits per heavy atom. The van der Waals surface area contributed by atoms with Crippen molar-refractivity contribution in [3.63, 3.8) is 0 Å². The zero-order chi connectivity index (χ0) is 7.45. The van der Waals surface area contributed by atoms with E-state index in [-0.39, 0.29) is 4.27 Å². The number of hydrogen-bond acceptors (Lipinski definition) is 4. The van der Waals surface area contributed by atoms with Crippen molar-refractivity contribution in [1.29, 1.82) is 0 Å². The molecule has 0 bridgehead atoms. The number of morpholine rings is 1. The third-order valence-corrected chi connectivity index (χ3v) is 4.33. The monoisotopic (exact) mass is 179 g/mol. The summed E-state index contributed by atoms with van der Waals surface area (Å²) >= 11 is 3.54. The molecule has 1 saturated heterocycles. The molecule has 1 fully saturated rings. The lowest BCUT2D eigenvalue weighted by atomic mass is 10.5. The lowest BCUT2D eigenvalue weighted by Gasteiger charge is -2.34. The standard InChI is InChI=1S/C6H13NOS2/c1-9-6(10-2)5-7-3-4-8-6/h7H,3-5H2,1-2H3. The van der Waals surface area contributed by atoms with Crippen LogP contribution >= 0.6 is 23.5 Å². The Balaban J connectivity index is 2.44. The van der Waals surface area contributed by atoms with E-state index in [9.17, 15) is 0 Å². The summed E-state index contributed by atoms with van der Waals surface area (Å²) in [5, 5.41) is 3.31. The minimum Gasteiger partial charge on any atom is -0.352 e. The molecular formula is C6H13NOS2. The maximum absolute atomic E-state index is 5.63. The van der Waals surface area contributed by atoms with Crippen LogP contribution in [0, 0.1) is 0 Å². The molecule has 0 unspecified atom stereocenters. The van der Waals surface area contributed by atoms with Crippen LogP contribution in [0.4, 0.5) is 0 Å². The van der Waals surface area contributed by atoms with Gasteiger partial charge in [-0.25, -0.2) is 0 Å². The minimum absolute atomic E-state index is 0.0156. The summed E-state index contributed by atoms with van der Waals surface area (Å²) in [6, 6.07) is 0. The number of thioether (sulfide) groups is 2. The Morgan fingerprint density at radius 2 is 2.10 bits per heavy atom. The maximum atomic E-state index is 5.63. The lowest BCUT2D eigenvalue weighted by Crippen LogP contribution is -2.44. The van der Waals surface area contributed by atoms with Gasteiger partial charge in [0, 0.05) is 13.1 Å². The van der Waals surface area contributed by atoms with Crippen LogP contribution in [0.3, 0.4) is 0 Å². The zero-order valence-electron chi connectivity index (χ0n) is 6.35. The average Bonchev–Trinajstić information content (AvgIpc) is 2.06. The fourth-order valence-electron chi connectivity index (χ4n) is 0.917. The zero-order valence-corrected chi connectivity index (χ0v) is 7.98. The number of nitrogens with one attached hydrogen (secondary N) is 1. The van der Waals surface area contributed by atoms with Crippen molar-refractivity contribution in [2.75, 3.05) is 32.2 Å². The Kier molecular flexibility index (Phi) is 3.36. The molecule has 0 aromatic carbocycles. The molecule has 1 aliphatic rings. The van der Waals surface area contributed by atoms with Gasteiger partial charge in [-0.2, -0.15) is 0 Å². The quantitative estimate of drug-likeness (QED) is 0.638. The molecule has 2 nitrogen and oxygen atoms in total. The summed E-state index contributed by atoms with van der Waals surface area (Å²) in [7, 11) is 0. The van der Waals surface area contributed by atoms with Gasteiger partial charge < -0.3 is 10.1 Å². The van der Waals surface area contributed by atoms with Gasteiger partial charge in [-0.15, -0.1) is 23.5 Å². The predicted octanol–water partition coefficient (Wildman–Crippen LogP) is 0.986. The third-order valence-electron chi connectivity index (χ3n) is 1.56. The van der Waals surface area contributed by atoms with Gasteiger partial charge in [-0.1, -0.05) is 0 Å². The number of ether oxygens (including phenoxy) is 1. The summed E-state index contributed by atoms with van der Waals surface area (Å²) in [4.78, 5) is 0. The minimum atomic E-state index is -0.0156. The second-order valence-electron chi connectivity index (χ2n) is 2.12. The normalized spacial score (nSPS) is 24.6. The Labute approximate surface area is 70.5 Å². The Morgan fingerprint density at radius 1 is 1.40 bits per heavy atom. The molecule has 60 valence electrons. The van der Waals surface area contributed by atoms with Crippen LogP contribution in [-0.2, 0) is 4.74 Å². The first-order chi connectivity index (χ1) is 4.83. The summed E-state index contributed by atoms with van der Waals surface area (Å²) < 4.78 is 5.61. The van der Waals surface area contributed by atoms with E-state index in [0.29, 0.717) is 0 Å². The molecular weight excluding hydrogens is 166 g/mol. The first kappa shape index (κ1) is 8.71. The molecule has 1 N–H and O–H groups in total. The topological polar surface area (TPSA) is 21.3 Å². The second kappa shape index (κ2) is 3.85. The molecule has 10 heavy (non-hydrogen) atoms. The van der Waals surface area contributed by atoms with Gasteiger partial charge in [0.05, 0.1) is 6.61 Å². The van der Waals surface area contributed by atoms with Gasteiger partial charge in [0.1, 0.15) is 0 Å². The molecule has 0 aromatic rings. The molecule has 0 aliphatic carbocycles. The van der Waals surface area contributed by atoms with Crippen molar-refractivity contribution in [2.45, 2.75) is 4.27 Å². The van der Waals surface area contributed by atoms with Crippen molar-refractivity contribution >= 4 is 23.5 Å². The van der Waals surface area contributed by atoms with Crippen molar-refractivity contribution in [3.05, 3.63) is 0 Å². The first-order valence-corrected chi connectivity index (χ1v) is 5.73. The van der Waals surface area contributed by atoms with E-state index in [1.165, 1.54) is 0 Å². The summed E-state index contributed by atoms with van der Waals surface area (Å²) in [6.07, 6.45) is 4.17. The Hall–Kier alpha value is 0.620. The van der Waals surface area contributed by atoms with E-state index in [0.717, 1.165) is 19.7 Å². The van der Waals surface area contributed by atoms with Crippen molar-refractivity contribution < 1.29 is 4.74 Å². The van der Waals surface area contributed by atoms with E-state index >= 15 is 0 Å². The molecule has 1 aliphatic heterocycles. The molecule has 0 aromatic heterocycles. The Bertz CT molecular complexity index is 97.9. The largest absolute Gasteiger partial charge is 0.352 e. The van der Waals surface area contributed by atoms with E-state index in [1.807, 2.05) is 0 Å². The fraction of sp³-hybridized carbons (Fsp3) is 1.00. The van der Waals surface area contributed by atoms with E-state index < -0.39 is 0 Å². The van der Waals surface area contributed by atoms with Crippen molar-refractivity contribution in [1.82, 2.24) is 5.32 Å². The van der Waals surface area contributed by atoms with Crippen molar-refractivity contribution in [3.8, 4) is 0 Å². The first-order valence-electron chi connectivity index (χ1n) is 3.28. The third kappa shape index (κ3) is 1.81. The molecule has 4 heteroatoms. The molecule has 0 atom stereocenters. The molecule has 1 rings (SSSR count). The van der Waals surface area contributed by atoms with Crippen LogP contribution in [0.2, 0.25) is 0 Å². The van der Waals surface area contributed by atoms with E-state index in [4.69, 9.17) is 4.74 Å². The maximum Gasteiger partial charge on any atom is 0.172 e. The van der Waals surface area contributed by atoms with Gasteiger partial charge in [0.15, 0.2) is 4.27 Å². The van der Waals surface area contributed by atoms with E-state index in [1.54, 1.807) is 23.5 Å². The summed E-state index contributed by atoms with van der Waals surface area (Å²) in [6.45, 7) is 2.78. The fourth-order valence-corrected chi connectivity index (χ4v) is 2.48. The molecule has 0 radical (unpaired) electrons. The predicted molar refractivity (Wildman–Crippen MR) is 48.6 cm³/mol. The smallest absolute Gasteiger partial charge is 0.172 e. The molecule has 0 spiro atoms. The lowest BCUT2D eigenvalue weighted by molar-refractivity contribution is 0.0632. The summed E-state index contributed by atoms with van der Waals surface area (Å²) in [5.41, 5.74) is 0. The highest BCUT2D eigenvalue weighted by atomic mass is 32.2. The molecule has 1 heterocycles. The van der Waals surface area contributed by atoms with E-state index in [2.05, 4.69) is 17.8 Å². The highest BCUT2D eigenvalue weighted by Gasteiger charge is 2.30. The van der Waals surface area contributed by atoms with Crippen LogP contribution in [-0.4, -0.2) is 36.5 Å². The van der Waals surface area contributed by atoms with Gasteiger partial charge in [-0.05, 0) is 12.5 Å². The van der Waals surface area contributed by atoms with Crippen LogP contribution in [0.15, 0.2) is 0 Å². The van der Waals surface area contributed by atoms with Crippen LogP contribution < -0.4 is 5.32 Å². The van der Waals surface area contributed by atoms with Gasteiger partial charge in [0.25, 0.3) is 0 Å². The summed E-state index contributed by atoms with van der Waals surface area (Å²) in [5.74, 6) is 0. The van der Waals surface area contributed by atoms with Crippen LogP contribution in [0.5, 0.6) is 0 Å². The van der Waals surface area contributed by atoms with Crippen LogP contribution in [0.1, 0.15) is 0 Å². The molecule has 0 saturated carbocycles. The highest BCUT2D eigenvalue weighted by Crippen LogP contribution is 2.35. The number of hydrogen-bond donors (Lipinski definition) is 1. The van der Waals surface area contributed by atoms with Gasteiger partial charge in [0.2, 0.25) is 0 Å². The van der Waals surface area contributed by atoms with Crippen LogP contribution in [0.25, 0.3) is 0 Å². The highest BCUT2D eigenvalue weighted by molar-refractivity contribution is 8.17. The van der Waals surface area contributed by atoms with Gasteiger partial charge in [-0.3, -0.25) is 0 Å². The average molecular weight is 179 g/mol.